The van der Waals surface area contributed by atoms with Crippen LogP contribution in [0.1, 0.15) is 20.3 Å². The monoisotopic (exact) mass is 312 g/mol. The number of carboxylic acid groups (broad SMARTS) is 2. The average molecular weight is 312 g/mol. The zero-order valence-corrected chi connectivity index (χ0v) is 13.0. The molecule has 2 heterocycles. The quantitative estimate of drug-likeness (QED) is 0.652. The van der Waals surface area contributed by atoms with E-state index in [4.69, 9.17) is 10.2 Å². The van der Waals surface area contributed by atoms with Crippen molar-refractivity contribution in [1.82, 2.24) is 10.2 Å². The van der Waals surface area contributed by atoms with Gasteiger partial charge in [-0.1, -0.05) is 13.8 Å². The Labute approximate surface area is 130 Å². The molecule has 2 aliphatic heterocycles. The SMILES string of the molecule is CC(C)C(=O)N1C[C@@H]2CNC[C@@H](C2)C1.O=C(O)/C=C/C(=O)O. The van der Waals surface area contributed by atoms with Gasteiger partial charge in [0.25, 0.3) is 0 Å². The normalized spacial score (nSPS) is 23.9. The summed E-state index contributed by atoms with van der Waals surface area (Å²) in [4.78, 5) is 33.0. The Morgan fingerprint density at radius 3 is 1.86 bits per heavy atom. The number of carboxylic acids is 2. The number of hydrogen-bond acceptors (Lipinski definition) is 4. The molecule has 0 spiro atoms. The van der Waals surface area contributed by atoms with Crippen LogP contribution in [0.4, 0.5) is 0 Å². The summed E-state index contributed by atoms with van der Waals surface area (Å²) in [5.41, 5.74) is 0. The van der Waals surface area contributed by atoms with Crippen LogP contribution in [0.2, 0.25) is 0 Å². The lowest BCUT2D eigenvalue weighted by Gasteiger charge is -2.42. The number of aliphatic carboxylic acids is 2. The highest BCUT2D eigenvalue weighted by Crippen LogP contribution is 2.25. The van der Waals surface area contributed by atoms with E-state index in [-0.39, 0.29) is 5.92 Å². The standard InChI is InChI=1S/C11H20N2O.C4H4O4/c1-8(2)11(14)13-6-9-3-10(7-13)5-12-4-9;5-3(6)1-2-4(7)8/h8-10,12H,3-7H2,1-2H3;1-2H,(H,5,6)(H,7,8)/b;2-1+/t9-,10+;. The van der Waals surface area contributed by atoms with Gasteiger partial charge in [0.15, 0.2) is 0 Å². The van der Waals surface area contributed by atoms with E-state index in [0.29, 0.717) is 29.9 Å². The number of nitrogens with one attached hydrogen (secondary N) is 1. The molecule has 0 unspecified atom stereocenters. The van der Waals surface area contributed by atoms with Crippen LogP contribution in [0.15, 0.2) is 12.2 Å². The molecule has 2 aliphatic rings. The van der Waals surface area contributed by atoms with Gasteiger partial charge >= 0.3 is 11.9 Å². The van der Waals surface area contributed by atoms with E-state index in [1.807, 2.05) is 13.8 Å². The van der Waals surface area contributed by atoms with Crippen molar-refractivity contribution in [2.24, 2.45) is 17.8 Å². The molecule has 3 N–H and O–H groups in total. The van der Waals surface area contributed by atoms with E-state index in [1.165, 1.54) is 6.42 Å². The second kappa shape index (κ2) is 8.53. The number of fused-ring (bicyclic) bond motifs is 2. The van der Waals surface area contributed by atoms with Crippen molar-refractivity contribution in [3.8, 4) is 0 Å². The largest absolute Gasteiger partial charge is 0.478 e. The number of rotatable bonds is 3. The molecule has 2 fully saturated rings. The van der Waals surface area contributed by atoms with Crippen molar-refractivity contribution in [2.45, 2.75) is 20.3 Å². The lowest BCUT2D eigenvalue weighted by Crippen LogP contribution is -2.53. The summed E-state index contributed by atoms with van der Waals surface area (Å²) >= 11 is 0. The summed E-state index contributed by atoms with van der Waals surface area (Å²) in [5.74, 6) is -0.626. The van der Waals surface area contributed by atoms with Gasteiger partial charge in [0, 0.05) is 31.2 Å². The minimum Gasteiger partial charge on any atom is -0.478 e. The van der Waals surface area contributed by atoms with Gasteiger partial charge in [0.1, 0.15) is 0 Å². The van der Waals surface area contributed by atoms with Gasteiger partial charge in [-0.15, -0.1) is 0 Å². The molecule has 7 heteroatoms. The van der Waals surface area contributed by atoms with E-state index >= 15 is 0 Å². The number of carbonyl (C=O) groups excluding carboxylic acids is 1. The lowest BCUT2D eigenvalue weighted by atomic mass is 9.85. The van der Waals surface area contributed by atoms with Crippen LogP contribution in [0.5, 0.6) is 0 Å². The third-order valence-electron chi connectivity index (χ3n) is 3.66. The minimum absolute atomic E-state index is 0.154. The molecule has 0 aliphatic carbocycles. The van der Waals surface area contributed by atoms with Crippen molar-refractivity contribution >= 4 is 17.8 Å². The minimum atomic E-state index is -1.26. The van der Waals surface area contributed by atoms with E-state index in [2.05, 4.69) is 10.2 Å². The highest BCUT2D eigenvalue weighted by Gasteiger charge is 2.32. The van der Waals surface area contributed by atoms with Crippen LogP contribution in [0.3, 0.4) is 0 Å². The van der Waals surface area contributed by atoms with Crippen LogP contribution in [-0.2, 0) is 14.4 Å². The number of nitrogens with zero attached hydrogens (tertiary/aromatic N) is 1. The zero-order valence-electron chi connectivity index (χ0n) is 13.0. The molecule has 0 aromatic heterocycles. The molecule has 2 atom stereocenters. The number of carbonyl (C=O) groups is 3. The Kier molecular flexibility index (Phi) is 7.04. The predicted molar refractivity (Wildman–Crippen MR) is 80.3 cm³/mol. The summed E-state index contributed by atoms with van der Waals surface area (Å²) in [6.07, 6.45) is 2.43. The van der Waals surface area contributed by atoms with Gasteiger partial charge in [-0.25, -0.2) is 9.59 Å². The maximum Gasteiger partial charge on any atom is 0.328 e. The van der Waals surface area contributed by atoms with Gasteiger partial charge < -0.3 is 20.4 Å². The second-order valence-electron chi connectivity index (χ2n) is 6.03. The molecule has 2 bridgehead atoms. The first kappa shape index (κ1) is 18.2. The van der Waals surface area contributed by atoms with E-state index in [0.717, 1.165) is 26.2 Å². The Morgan fingerprint density at radius 1 is 1.05 bits per heavy atom. The lowest BCUT2D eigenvalue weighted by molar-refractivity contribution is -0.138. The van der Waals surface area contributed by atoms with Crippen LogP contribution in [-0.4, -0.2) is 59.1 Å². The van der Waals surface area contributed by atoms with Gasteiger partial charge in [-0.05, 0) is 31.3 Å². The van der Waals surface area contributed by atoms with Crippen LogP contribution in [0, 0.1) is 17.8 Å². The summed E-state index contributed by atoms with van der Waals surface area (Å²) in [6.45, 7) is 8.12. The third kappa shape index (κ3) is 6.26. The van der Waals surface area contributed by atoms with Crippen molar-refractivity contribution < 1.29 is 24.6 Å². The number of likely N-dealkylation sites (tertiary alicyclic amines) is 1. The molecular formula is C15H24N2O5. The van der Waals surface area contributed by atoms with Crippen molar-refractivity contribution in [2.75, 3.05) is 26.2 Å². The molecule has 0 saturated carbocycles. The number of hydrogen-bond donors (Lipinski definition) is 3. The molecule has 2 rings (SSSR count). The van der Waals surface area contributed by atoms with Crippen molar-refractivity contribution in [1.29, 1.82) is 0 Å². The summed E-state index contributed by atoms with van der Waals surface area (Å²) in [5, 5.41) is 19.1. The van der Waals surface area contributed by atoms with Crippen molar-refractivity contribution in [3.63, 3.8) is 0 Å². The summed E-state index contributed by atoms with van der Waals surface area (Å²) in [6, 6.07) is 0. The molecule has 2 saturated heterocycles. The predicted octanol–water partition coefficient (Wildman–Crippen LogP) is 0.422. The Morgan fingerprint density at radius 2 is 1.50 bits per heavy atom. The average Bonchev–Trinajstić information content (AvgIpc) is 2.44. The van der Waals surface area contributed by atoms with E-state index < -0.39 is 11.9 Å². The number of amides is 1. The van der Waals surface area contributed by atoms with Crippen LogP contribution in [0.25, 0.3) is 0 Å². The van der Waals surface area contributed by atoms with Gasteiger partial charge in [0.05, 0.1) is 0 Å². The topological polar surface area (TPSA) is 107 Å². The highest BCUT2D eigenvalue weighted by molar-refractivity contribution is 5.89. The highest BCUT2D eigenvalue weighted by atomic mass is 16.4. The molecule has 0 aromatic rings. The van der Waals surface area contributed by atoms with Gasteiger partial charge in [0.2, 0.25) is 5.91 Å². The molecule has 0 aromatic carbocycles. The van der Waals surface area contributed by atoms with Crippen LogP contribution < -0.4 is 5.32 Å². The fourth-order valence-electron chi connectivity index (χ4n) is 2.79. The van der Waals surface area contributed by atoms with Crippen molar-refractivity contribution in [3.05, 3.63) is 12.2 Å². The second-order valence-corrected chi connectivity index (χ2v) is 6.03. The Bertz CT molecular complexity index is 419. The molecule has 1 amide bonds. The fraction of sp³-hybridized carbons (Fsp3) is 0.667. The summed E-state index contributed by atoms with van der Waals surface area (Å²) in [7, 11) is 0. The fourth-order valence-corrected chi connectivity index (χ4v) is 2.79. The summed E-state index contributed by atoms with van der Waals surface area (Å²) < 4.78 is 0. The smallest absolute Gasteiger partial charge is 0.328 e. The molecule has 124 valence electrons. The van der Waals surface area contributed by atoms with Gasteiger partial charge in [-0.3, -0.25) is 4.79 Å². The molecule has 22 heavy (non-hydrogen) atoms. The molecular weight excluding hydrogens is 288 g/mol. The number of piperidine rings is 2. The van der Waals surface area contributed by atoms with Gasteiger partial charge in [-0.2, -0.15) is 0 Å². The van der Waals surface area contributed by atoms with Crippen LogP contribution >= 0.6 is 0 Å². The first-order valence-electron chi connectivity index (χ1n) is 7.43. The maximum absolute atomic E-state index is 11.8. The molecule has 0 radical (unpaired) electrons. The third-order valence-corrected chi connectivity index (χ3v) is 3.66. The Hall–Kier alpha value is -1.89. The maximum atomic E-state index is 11.8. The molecule has 7 nitrogen and oxygen atoms in total. The zero-order chi connectivity index (χ0) is 16.7. The first-order valence-corrected chi connectivity index (χ1v) is 7.43. The Balaban J connectivity index is 0.000000261. The first-order chi connectivity index (χ1) is 10.3. The van der Waals surface area contributed by atoms with E-state index in [9.17, 15) is 14.4 Å². The van der Waals surface area contributed by atoms with E-state index in [1.54, 1.807) is 0 Å².